The van der Waals surface area contributed by atoms with Crippen molar-refractivity contribution in [1.82, 2.24) is 18.9 Å². The molecule has 1 aliphatic rings. The first-order valence-corrected chi connectivity index (χ1v) is 10.7. The number of hydrogen-bond acceptors (Lipinski definition) is 4. The summed E-state index contributed by atoms with van der Waals surface area (Å²) in [5.41, 5.74) is -1.03. The third-order valence-corrected chi connectivity index (χ3v) is 5.74. The van der Waals surface area contributed by atoms with Crippen LogP contribution in [0.4, 0.5) is 23.2 Å². The lowest BCUT2D eigenvalue weighted by Gasteiger charge is -2.33. The zero-order valence-electron chi connectivity index (χ0n) is 18.6. The van der Waals surface area contributed by atoms with Gasteiger partial charge in [-0.25, -0.2) is 9.18 Å². The Morgan fingerprint density at radius 2 is 2.00 bits per heavy atom. The van der Waals surface area contributed by atoms with Crippen molar-refractivity contribution >= 4 is 5.69 Å². The van der Waals surface area contributed by atoms with Crippen LogP contribution in [0.3, 0.4) is 0 Å². The highest BCUT2D eigenvalue weighted by molar-refractivity contribution is 5.58. The Hall–Kier alpha value is -3.08. The zero-order chi connectivity index (χ0) is 23.9. The van der Waals surface area contributed by atoms with E-state index in [0.717, 1.165) is 16.2 Å². The molecule has 0 radical (unpaired) electrons. The fourth-order valence-electron chi connectivity index (χ4n) is 4.01. The molecule has 0 saturated carbocycles. The summed E-state index contributed by atoms with van der Waals surface area (Å²) < 4.78 is 65.7. The van der Waals surface area contributed by atoms with Crippen LogP contribution in [-0.4, -0.2) is 44.7 Å². The molecule has 0 N–H and O–H groups in total. The average Bonchev–Trinajstić information content (AvgIpc) is 3.33. The largest absolute Gasteiger partial charge is 0.419 e. The second-order valence-electron chi connectivity index (χ2n) is 8.17. The van der Waals surface area contributed by atoms with E-state index in [4.69, 9.17) is 4.74 Å². The van der Waals surface area contributed by atoms with Gasteiger partial charge in [0.15, 0.2) is 5.82 Å². The minimum absolute atomic E-state index is 0.173. The van der Waals surface area contributed by atoms with Crippen molar-refractivity contribution in [3.63, 3.8) is 0 Å². The van der Waals surface area contributed by atoms with Crippen LogP contribution < -0.4 is 10.6 Å². The maximum Gasteiger partial charge on any atom is 0.419 e. The first-order chi connectivity index (χ1) is 15.6. The van der Waals surface area contributed by atoms with Gasteiger partial charge >= 0.3 is 11.9 Å². The molecule has 33 heavy (non-hydrogen) atoms. The fourth-order valence-corrected chi connectivity index (χ4v) is 4.01. The number of aromatic nitrogens is 4. The fraction of sp³-hybridized carbons (Fsp3) is 0.455. The van der Waals surface area contributed by atoms with Crippen molar-refractivity contribution in [2.75, 3.05) is 24.6 Å². The molecule has 0 aliphatic carbocycles. The van der Waals surface area contributed by atoms with Crippen LogP contribution in [0, 0.1) is 12.7 Å². The smallest absolute Gasteiger partial charge is 0.375 e. The summed E-state index contributed by atoms with van der Waals surface area (Å²) in [7, 11) is 0. The molecule has 0 bridgehead atoms. The van der Waals surface area contributed by atoms with E-state index in [2.05, 4.69) is 5.10 Å². The first kappa shape index (κ1) is 23.1. The molecule has 1 atom stereocenters. The number of ether oxygens (including phenoxy) is 1. The SMILES string of the molecule is CCn1cc(Cn2c(C)cn(-c3cc(N4CCO[C@H](C)C4)cc(C(F)(F)F)c3F)c2=O)cn1. The van der Waals surface area contributed by atoms with Gasteiger partial charge in [-0.3, -0.25) is 13.8 Å². The van der Waals surface area contributed by atoms with Gasteiger partial charge in [-0.1, -0.05) is 0 Å². The number of morpholine rings is 1. The summed E-state index contributed by atoms with van der Waals surface area (Å²) >= 11 is 0. The molecule has 7 nitrogen and oxygen atoms in total. The van der Waals surface area contributed by atoms with E-state index in [1.54, 1.807) is 28.9 Å². The van der Waals surface area contributed by atoms with Crippen LogP contribution in [0.15, 0.2) is 35.5 Å². The number of halogens is 4. The van der Waals surface area contributed by atoms with Gasteiger partial charge in [-0.2, -0.15) is 18.3 Å². The van der Waals surface area contributed by atoms with Crippen LogP contribution in [0.1, 0.15) is 30.7 Å². The van der Waals surface area contributed by atoms with E-state index in [1.807, 2.05) is 13.8 Å². The Bertz CT molecular complexity index is 1210. The van der Waals surface area contributed by atoms with Gasteiger partial charge in [0.05, 0.1) is 36.7 Å². The summed E-state index contributed by atoms with van der Waals surface area (Å²) in [5, 5.41) is 4.17. The molecule has 4 rings (SSSR count). The van der Waals surface area contributed by atoms with E-state index >= 15 is 4.39 Å². The number of alkyl halides is 3. The molecule has 0 amide bonds. The first-order valence-electron chi connectivity index (χ1n) is 10.7. The number of anilines is 1. The van der Waals surface area contributed by atoms with Crippen molar-refractivity contribution < 1.29 is 22.3 Å². The predicted octanol–water partition coefficient (Wildman–Crippen LogP) is 3.60. The lowest BCUT2D eigenvalue weighted by atomic mass is 10.1. The molecule has 3 aromatic rings. The van der Waals surface area contributed by atoms with E-state index < -0.39 is 28.9 Å². The van der Waals surface area contributed by atoms with Crippen LogP contribution in [0.25, 0.3) is 5.69 Å². The average molecular weight is 467 g/mol. The molecule has 2 aromatic heterocycles. The molecule has 1 aromatic carbocycles. The van der Waals surface area contributed by atoms with Crippen molar-refractivity contribution in [3.05, 3.63) is 63.8 Å². The van der Waals surface area contributed by atoms with Crippen molar-refractivity contribution in [2.24, 2.45) is 0 Å². The monoisotopic (exact) mass is 467 g/mol. The third kappa shape index (κ3) is 4.54. The molecule has 1 fully saturated rings. The standard InChI is InChI=1S/C22H25F4N5O2/c1-4-29-12-16(9-27-29)13-30-14(2)10-31(21(30)32)19-8-17(28-5-6-33-15(3)11-28)7-18(20(19)23)22(24,25)26/h7-10,12,15H,4-6,11,13H2,1-3H3/t15-/m1/s1. The number of imidazole rings is 1. The molecule has 0 spiro atoms. The van der Waals surface area contributed by atoms with Gasteiger partial charge < -0.3 is 9.64 Å². The van der Waals surface area contributed by atoms with Gasteiger partial charge in [0.2, 0.25) is 0 Å². The van der Waals surface area contributed by atoms with Crippen LogP contribution in [-0.2, 0) is 24.0 Å². The van der Waals surface area contributed by atoms with Gasteiger partial charge in [0.25, 0.3) is 0 Å². The molecule has 0 unspecified atom stereocenters. The molecular formula is C22H25F4N5O2. The number of benzene rings is 1. The molecule has 11 heteroatoms. The minimum Gasteiger partial charge on any atom is -0.375 e. The Morgan fingerprint density at radius 3 is 2.64 bits per heavy atom. The zero-order valence-corrected chi connectivity index (χ0v) is 18.6. The van der Waals surface area contributed by atoms with Crippen molar-refractivity contribution in [1.29, 1.82) is 0 Å². The van der Waals surface area contributed by atoms with Crippen LogP contribution >= 0.6 is 0 Å². The highest BCUT2D eigenvalue weighted by Crippen LogP contribution is 2.37. The van der Waals surface area contributed by atoms with Gasteiger partial charge in [0.1, 0.15) is 0 Å². The second-order valence-corrected chi connectivity index (χ2v) is 8.17. The van der Waals surface area contributed by atoms with E-state index in [1.165, 1.54) is 16.8 Å². The summed E-state index contributed by atoms with van der Waals surface area (Å²) in [6.45, 7) is 7.29. The van der Waals surface area contributed by atoms with Gasteiger partial charge in [0, 0.05) is 49.0 Å². The Morgan fingerprint density at radius 1 is 1.24 bits per heavy atom. The number of hydrogen-bond donors (Lipinski definition) is 0. The highest BCUT2D eigenvalue weighted by atomic mass is 19.4. The maximum atomic E-state index is 15.1. The normalized spacial score (nSPS) is 17.1. The molecular weight excluding hydrogens is 442 g/mol. The lowest BCUT2D eigenvalue weighted by Crippen LogP contribution is -2.41. The second kappa shape index (κ2) is 8.69. The lowest BCUT2D eigenvalue weighted by molar-refractivity contribution is -0.139. The van der Waals surface area contributed by atoms with E-state index in [-0.39, 0.29) is 18.3 Å². The topological polar surface area (TPSA) is 57.2 Å². The maximum absolute atomic E-state index is 15.1. The summed E-state index contributed by atoms with van der Waals surface area (Å²) in [6.07, 6.45) is -0.336. The Balaban J connectivity index is 1.81. The van der Waals surface area contributed by atoms with Crippen molar-refractivity contribution in [2.45, 2.75) is 46.1 Å². The Labute approximate surface area is 187 Å². The number of aryl methyl sites for hydroxylation is 2. The van der Waals surface area contributed by atoms with Gasteiger partial charge in [-0.05, 0) is 32.9 Å². The summed E-state index contributed by atoms with van der Waals surface area (Å²) in [4.78, 5) is 14.8. The summed E-state index contributed by atoms with van der Waals surface area (Å²) in [5.74, 6) is -1.48. The third-order valence-electron chi connectivity index (χ3n) is 5.74. The Kier molecular flexibility index (Phi) is 6.08. The quantitative estimate of drug-likeness (QED) is 0.539. The van der Waals surface area contributed by atoms with Crippen LogP contribution in [0.5, 0.6) is 0 Å². The highest BCUT2D eigenvalue weighted by Gasteiger charge is 2.37. The molecule has 1 saturated heterocycles. The van der Waals surface area contributed by atoms with Gasteiger partial charge in [-0.15, -0.1) is 0 Å². The predicted molar refractivity (Wildman–Crippen MR) is 114 cm³/mol. The summed E-state index contributed by atoms with van der Waals surface area (Å²) in [6, 6.07) is 2.09. The molecule has 178 valence electrons. The minimum atomic E-state index is -4.91. The van der Waals surface area contributed by atoms with Crippen molar-refractivity contribution in [3.8, 4) is 5.69 Å². The molecule has 3 heterocycles. The van der Waals surface area contributed by atoms with Crippen LogP contribution in [0.2, 0.25) is 0 Å². The molecule has 1 aliphatic heterocycles. The van der Waals surface area contributed by atoms with E-state index in [0.29, 0.717) is 31.9 Å². The number of nitrogens with zero attached hydrogens (tertiary/aromatic N) is 5. The number of rotatable bonds is 5. The van der Waals surface area contributed by atoms with E-state index in [9.17, 15) is 18.0 Å².